The molecule has 0 atom stereocenters. The van der Waals surface area contributed by atoms with Crippen LogP contribution in [0.4, 0.5) is 11.4 Å². The summed E-state index contributed by atoms with van der Waals surface area (Å²) in [5.74, 6) is 0. The molecule has 2 nitrogen and oxygen atoms in total. The van der Waals surface area contributed by atoms with Gasteiger partial charge in [0.05, 0.1) is 0 Å². The van der Waals surface area contributed by atoms with E-state index in [-0.39, 0.29) is 40.6 Å². The first-order chi connectivity index (χ1) is 3.79. The molecule has 0 heterocycles. The SMILES string of the molecule is Nc1ccc(N)cc1.[Ca+2].[H-].[H-]. The van der Waals surface area contributed by atoms with Crippen LogP contribution in [0.3, 0.4) is 0 Å². The summed E-state index contributed by atoms with van der Waals surface area (Å²) in [5.41, 5.74) is 12.2. The molecular formula is C6H10CaN2. The second-order valence-corrected chi connectivity index (χ2v) is 1.67. The van der Waals surface area contributed by atoms with Crippen LogP contribution in [0.15, 0.2) is 24.3 Å². The van der Waals surface area contributed by atoms with E-state index in [4.69, 9.17) is 11.5 Å². The van der Waals surface area contributed by atoms with Crippen molar-refractivity contribution in [2.45, 2.75) is 0 Å². The van der Waals surface area contributed by atoms with Crippen LogP contribution >= 0.6 is 0 Å². The van der Waals surface area contributed by atoms with Gasteiger partial charge < -0.3 is 14.3 Å². The van der Waals surface area contributed by atoms with E-state index in [1.165, 1.54) is 0 Å². The molecule has 9 heavy (non-hydrogen) atoms. The van der Waals surface area contributed by atoms with Crippen molar-refractivity contribution >= 4 is 49.1 Å². The Balaban J connectivity index is -0.000000213. The normalized spacial score (nSPS) is 8.00. The number of nitrogen functional groups attached to an aromatic ring is 2. The van der Waals surface area contributed by atoms with Gasteiger partial charge in [0.15, 0.2) is 0 Å². The summed E-state index contributed by atoms with van der Waals surface area (Å²) in [4.78, 5) is 0. The van der Waals surface area contributed by atoms with Crippen molar-refractivity contribution in [2.24, 2.45) is 0 Å². The molecule has 0 aromatic heterocycles. The molecule has 0 aliphatic heterocycles. The van der Waals surface area contributed by atoms with Crippen LogP contribution in [0.2, 0.25) is 0 Å². The molecule has 0 amide bonds. The van der Waals surface area contributed by atoms with Gasteiger partial charge in [-0.2, -0.15) is 0 Å². The maximum absolute atomic E-state index is 5.37. The Hall–Kier alpha value is 0.0797. The van der Waals surface area contributed by atoms with Gasteiger partial charge in [-0.3, -0.25) is 0 Å². The van der Waals surface area contributed by atoms with Gasteiger partial charge >= 0.3 is 37.7 Å². The van der Waals surface area contributed by atoms with Crippen molar-refractivity contribution in [3.8, 4) is 0 Å². The van der Waals surface area contributed by atoms with Crippen molar-refractivity contribution in [3.05, 3.63) is 24.3 Å². The van der Waals surface area contributed by atoms with Gasteiger partial charge in [0, 0.05) is 11.4 Å². The predicted octanol–water partition coefficient (Wildman–Crippen LogP) is 0.695. The van der Waals surface area contributed by atoms with Crippen LogP contribution in [0.5, 0.6) is 0 Å². The van der Waals surface area contributed by atoms with Gasteiger partial charge in [-0.05, 0) is 24.3 Å². The number of hydrogen-bond acceptors (Lipinski definition) is 2. The summed E-state index contributed by atoms with van der Waals surface area (Å²) in [7, 11) is 0. The van der Waals surface area contributed by atoms with Crippen LogP contribution < -0.4 is 11.5 Å². The fraction of sp³-hybridized carbons (Fsp3) is 0. The molecule has 0 saturated heterocycles. The average molecular weight is 150 g/mol. The van der Waals surface area contributed by atoms with E-state index < -0.39 is 0 Å². The third-order valence-electron chi connectivity index (χ3n) is 0.936. The number of anilines is 2. The van der Waals surface area contributed by atoms with Gasteiger partial charge in [0.25, 0.3) is 0 Å². The minimum Gasteiger partial charge on any atom is -1.00 e. The fourth-order valence-electron chi connectivity index (χ4n) is 0.496. The molecule has 0 fully saturated rings. The molecule has 0 aliphatic rings. The Morgan fingerprint density at radius 1 is 0.889 bits per heavy atom. The molecule has 1 aromatic rings. The molecule has 0 unspecified atom stereocenters. The molecule has 0 aliphatic carbocycles. The Kier molecular flexibility index (Phi) is 4.02. The van der Waals surface area contributed by atoms with Gasteiger partial charge in [0.2, 0.25) is 0 Å². The Morgan fingerprint density at radius 3 is 1.33 bits per heavy atom. The quantitative estimate of drug-likeness (QED) is 0.422. The molecule has 1 rings (SSSR count). The molecule has 46 valence electrons. The van der Waals surface area contributed by atoms with E-state index >= 15 is 0 Å². The Morgan fingerprint density at radius 2 is 1.11 bits per heavy atom. The van der Waals surface area contributed by atoms with Crippen molar-refractivity contribution in [2.75, 3.05) is 11.5 Å². The molecule has 4 N–H and O–H groups in total. The first-order valence-corrected chi connectivity index (χ1v) is 2.40. The molecule has 0 saturated carbocycles. The van der Waals surface area contributed by atoms with Gasteiger partial charge in [-0.15, -0.1) is 0 Å². The monoisotopic (exact) mass is 150 g/mol. The first-order valence-electron chi connectivity index (χ1n) is 2.40. The summed E-state index contributed by atoms with van der Waals surface area (Å²) in [6, 6.07) is 7.09. The third-order valence-corrected chi connectivity index (χ3v) is 0.936. The molecule has 0 spiro atoms. The summed E-state index contributed by atoms with van der Waals surface area (Å²) < 4.78 is 0. The second kappa shape index (κ2) is 3.99. The van der Waals surface area contributed by atoms with Crippen LogP contribution in [0, 0.1) is 0 Å². The first kappa shape index (κ1) is 9.08. The maximum Gasteiger partial charge on any atom is 2.00 e. The van der Waals surface area contributed by atoms with E-state index in [1.54, 1.807) is 24.3 Å². The van der Waals surface area contributed by atoms with Gasteiger partial charge in [0.1, 0.15) is 0 Å². The summed E-state index contributed by atoms with van der Waals surface area (Å²) in [5, 5.41) is 0. The summed E-state index contributed by atoms with van der Waals surface area (Å²) in [6.45, 7) is 0. The fourth-order valence-corrected chi connectivity index (χ4v) is 0.496. The average Bonchev–Trinajstić information content (AvgIpc) is 1.77. The number of rotatable bonds is 0. The zero-order valence-corrected chi connectivity index (χ0v) is 7.38. The van der Waals surface area contributed by atoms with Crippen LogP contribution in [-0.2, 0) is 0 Å². The summed E-state index contributed by atoms with van der Waals surface area (Å²) >= 11 is 0. The van der Waals surface area contributed by atoms with Crippen molar-refractivity contribution in [3.63, 3.8) is 0 Å². The van der Waals surface area contributed by atoms with Crippen LogP contribution in [0.25, 0.3) is 0 Å². The van der Waals surface area contributed by atoms with E-state index in [9.17, 15) is 0 Å². The minimum absolute atomic E-state index is 0. The Labute approximate surface area is 87.2 Å². The van der Waals surface area contributed by atoms with E-state index in [2.05, 4.69) is 0 Å². The molecule has 0 radical (unpaired) electrons. The largest absolute Gasteiger partial charge is 2.00 e. The molecule has 0 bridgehead atoms. The van der Waals surface area contributed by atoms with E-state index in [0.29, 0.717) is 0 Å². The second-order valence-electron chi connectivity index (χ2n) is 1.67. The van der Waals surface area contributed by atoms with Crippen LogP contribution in [0.1, 0.15) is 2.85 Å². The zero-order valence-electron chi connectivity index (χ0n) is 7.17. The minimum atomic E-state index is 0. The van der Waals surface area contributed by atoms with E-state index in [1.807, 2.05) is 0 Å². The van der Waals surface area contributed by atoms with Gasteiger partial charge in [-0.25, -0.2) is 0 Å². The van der Waals surface area contributed by atoms with Crippen molar-refractivity contribution in [1.82, 2.24) is 0 Å². The predicted molar refractivity (Wildman–Crippen MR) is 43.2 cm³/mol. The third kappa shape index (κ3) is 2.94. The number of nitrogens with two attached hydrogens (primary N) is 2. The molecule has 3 heteroatoms. The smallest absolute Gasteiger partial charge is 1.00 e. The topological polar surface area (TPSA) is 52.0 Å². The van der Waals surface area contributed by atoms with Crippen LogP contribution in [-0.4, -0.2) is 37.7 Å². The van der Waals surface area contributed by atoms with Crippen molar-refractivity contribution < 1.29 is 2.85 Å². The van der Waals surface area contributed by atoms with E-state index in [0.717, 1.165) is 11.4 Å². The van der Waals surface area contributed by atoms with Crippen molar-refractivity contribution in [1.29, 1.82) is 0 Å². The van der Waals surface area contributed by atoms with Gasteiger partial charge in [-0.1, -0.05) is 0 Å². The number of hydrogen-bond donors (Lipinski definition) is 2. The maximum atomic E-state index is 5.37. The zero-order chi connectivity index (χ0) is 5.98. The number of benzene rings is 1. The standard InChI is InChI=1S/C6H8N2.Ca.2H/c7-5-1-2-6(8)4-3-5;;;/h1-4H,7-8H2;;;/q;+2;2*-1. The molecule has 1 aromatic carbocycles. The Bertz CT molecular complexity index is 157. The summed E-state index contributed by atoms with van der Waals surface area (Å²) in [6.07, 6.45) is 0. The molecular weight excluding hydrogens is 140 g/mol.